The van der Waals surface area contributed by atoms with E-state index in [1.54, 1.807) is 30.1 Å². The number of amides is 1. The number of fused-ring (bicyclic) bond motifs is 1. The fourth-order valence-corrected chi connectivity index (χ4v) is 4.50. The summed E-state index contributed by atoms with van der Waals surface area (Å²) in [7, 11) is 0. The average molecular weight is 418 g/mol. The van der Waals surface area contributed by atoms with Gasteiger partial charge in [-0.25, -0.2) is 9.97 Å². The van der Waals surface area contributed by atoms with E-state index in [9.17, 15) is 9.59 Å². The quantitative estimate of drug-likeness (QED) is 0.654. The van der Waals surface area contributed by atoms with E-state index >= 15 is 0 Å². The van der Waals surface area contributed by atoms with Gasteiger partial charge >= 0.3 is 0 Å². The van der Waals surface area contributed by atoms with E-state index in [-0.39, 0.29) is 18.0 Å². The lowest BCUT2D eigenvalue weighted by molar-refractivity contribution is -0.132. The first-order chi connectivity index (χ1) is 13.4. The van der Waals surface area contributed by atoms with Gasteiger partial charge in [0.25, 0.3) is 5.56 Å². The molecule has 0 N–H and O–H groups in total. The van der Waals surface area contributed by atoms with Crippen molar-refractivity contribution in [3.63, 3.8) is 0 Å². The summed E-state index contributed by atoms with van der Waals surface area (Å²) in [4.78, 5) is 37.7. The Hall–Kier alpha value is -2.45. The lowest BCUT2D eigenvalue weighted by atomic mass is 10.2. The van der Waals surface area contributed by atoms with Gasteiger partial charge in [0.15, 0.2) is 5.13 Å². The maximum Gasteiger partial charge on any atom is 0.256 e. The van der Waals surface area contributed by atoms with Crippen molar-refractivity contribution in [3.05, 3.63) is 51.2 Å². The third-order valence-corrected chi connectivity index (χ3v) is 6.38. The molecule has 0 aliphatic carbocycles. The average Bonchev–Trinajstić information content (AvgIpc) is 3.11. The highest BCUT2D eigenvalue weighted by Crippen LogP contribution is 2.31. The van der Waals surface area contributed by atoms with Gasteiger partial charge in [-0.1, -0.05) is 22.9 Å². The first-order valence-electron chi connectivity index (χ1n) is 9.04. The van der Waals surface area contributed by atoms with Crippen molar-refractivity contribution >= 4 is 44.2 Å². The standard InChI is InChI=1S/C19H20ClN5O2S/c1-12-13(2)21-11-25(18(12)27)10-17(26)23-5-7-24(8-6-23)19-22-15-4-3-14(20)9-16(15)28-19/h3-4,9,11H,5-8,10H2,1-2H3. The smallest absolute Gasteiger partial charge is 0.256 e. The molecular weight excluding hydrogens is 398 g/mol. The van der Waals surface area contributed by atoms with E-state index in [4.69, 9.17) is 11.6 Å². The molecule has 9 heteroatoms. The number of hydrogen-bond acceptors (Lipinski definition) is 6. The number of rotatable bonds is 3. The SMILES string of the molecule is Cc1ncn(CC(=O)N2CCN(c3nc4ccc(Cl)cc4s3)CC2)c(=O)c1C. The van der Waals surface area contributed by atoms with Crippen LogP contribution in [-0.2, 0) is 11.3 Å². The lowest BCUT2D eigenvalue weighted by Gasteiger charge is -2.34. The van der Waals surface area contributed by atoms with Crippen LogP contribution >= 0.6 is 22.9 Å². The molecule has 0 saturated carbocycles. The number of halogens is 1. The Bertz CT molecular complexity index is 1100. The van der Waals surface area contributed by atoms with Crippen molar-refractivity contribution < 1.29 is 4.79 Å². The molecule has 0 atom stereocenters. The minimum Gasteiger partial charge on any atom is -0.345 e. The van der Waals surface area contributed by atoms with Crippen LogP contribution in [0.3, 0.4) is 0 Å². The van der Waals surface area contributed by atoms with Gasteiger partial charge < -0.3 is 9.80 Å². The zero-order valence-corrected chi connectivity index (χ0v) is 17.3. The minimum absolute atomic E-state index is 0.0204. The van der Waals surface area contributed by atoms with E-state index < -0.39 is 0 Å². The molecule has 1 saturated heterocycles. The van der Waals surface area contributed by atoms with Crippen molar-refractivity contribution in [1.29, 1.82) is 0 Å². The number of thiazole rings is 1. The number of anilines is 1. The van der Waals surface area contributed by atoms with E-state index in [2.05, 4.69) is 14.9 Å². The number of hydrogen-bond donors (Lipinski definition) is 0. The molecule has 3 heterocycles. The molecule has 0 unspecified atom stereocenters. The summed E-state index contributed by atoms with van der Waals surface area (Å²) < 4.78 is 2.44. The molecule has 3 aromatic rings. The molecule has 1 aliphatic heterocycles. The molecule has 1 aliphatic rings. The summed E-state index contributed by atoms with van der Waals surface area (Å²) >= 11 is 7.66. The fourth-order valence-electron chi connectivity index (χ4n) is 3.20. The van der Waals surface area contributed by atoms with Gasteiger partial charge in [-0.2, -0.15) is 0 Å². The summed E-state index contributed by atoms with van der Waals surface area (Å²) in [5, 5.41) is 1.65. The van der Waals surface area contributed by atoms with Gasteiger partial charge in [0, 0.05) is 42.5 Å². The van der Waals surface area contributed by atoms with Crippen LogP contribution in [0.2, 0.25) is 5.02 Å². The highest BCUT2D eigenvalue weighted by Gasteiger charge is 2.23. The van der Waals surface area contributed by atoms with Crippen LogP contribution in [0.4, 0.5) is 5.13 Å². The van der Waals surface area contributed by atoms with E-state index in [0.717, 1.165) is 15.3 Å². The largest absolute Gasteiger partial charge is 0.345 e. The van der Waals surface area contributed by atoms with Crippen LogP contribution in [-0.4, -0.2) is 51.5 Å². The molecule has 1 amide bonds. The molecule has 0 bridgehead atoms. The normalized spacial score (nSPS) is 14.7. The summed E-state index contributed by atoms with van der Waals surface area (Å²) in [5.41, 5.74) is 2.05. The van der Waals surface area contributed by atoms with Crippen molar-refractivity contribution in [2.45, 2.75) is 20.4 Å². The Balaban J connectivity index is 1.41. The number of carbonyl (C=O) groups excluding carboxylic acids is 1. The van der Waals surface area contributed by atoms with Gasteiger partial charge in [-0.05, 0) is 32.0 Å². The summed E-state index contributed by atoms with van der Waals surface area (Å²) in [6, 6.07) is 5.69. The van der Waals surface area contributed by atoms with E-state index in [1.807, 2.05) is 18.2 Å². The minimum atomic E-state index is -0.160. The van der Waals surface area contributed by atoms with Gasteiger partial charge in [-0.3, -0.25) is 14.2 Å². The summed E-state index contributed by atoms with van der Waals surface area (Å²) in [5.74, 6) is -0.0668. The van der Waals surface area contributed by atoms with Crippen LogP contribution in [0.25, 0.3) is 10.2 Å². The molecule has 146 valence electrons. The molecule has 28 heavy (non-hydrogen) atoms. The predicted molar refractivity (Wildman–Crippen MR) is 111 cm³/mol. The van der Waals surface area contributed by atoms with Gasteiger partial charge in [0.1, 0.15) is 6.54 Å². The predicted octanol–water partition coefficient (Wildman–Crippen LogP) is 2.47. The number of benzene rings is 1. The van der Waals surface area contributed by atoms with Crippen LogP contribution in [0, 0.1) is 13.8 Å². The molecule has 7 nitrogen and oxygen atoms in total. The first-order valence-corrected chi connectivity index (χ1v) is 10.2. The third kappa shape index (κ3) is 3.62. The topological polar surface area (TPSA) is 71.3 Å². The van der Waals surface area contributed by atoms with E-state index in [1.165, 1.54) is 10.9 Å². The van der Waals surface area contributed by atoms with Crippen LogP contribution in [0.5, 0.6) is 0 Å². The molecule has 0 radical (unpaired) electrons. The van der Waals surface area contributed by atoms with Gasteiger partial charge in [0.2, 0.25) is 5.91 Å². The highest BCUT2D eigenvalue weighted by molar-refractivity contribution is 7.22. The highest BCUT2D eigenvalue weighted by atomic mass is 35.5. The van der Waals surface area contributed by atoms with Crippen LogP contribution in [0.15, 0.2) is 29.3 Å². The molecule has 1 fully saturated rings. The second-order valence-electron chi connectivity index (χ2n) is 6.86. The van der Waals surface area contributed by atoms with Gasteiger partial charge in [-0.15, -0.1) is 0 Å². The number of carbonyl (C=O) groups is 1. The van der Waals surface area contributed by atoms with Crippen LogP contribution < -0.4 is 10.5 Å². The Morgan fingerprint density at radius 3 is 2.71 bits per heavy atom. The molecule has 1 aromatic carbocycles. The fraction of sp³-hybridized carbons (Fsp3) is 0.368. The molecular formula is C19H20ClN5O2S. The zero-order chi connectivity index (χ0) is 19.8. The second-order valence-corrected chi connectivity index (χ2v) is 8.31. The molecule has 0 spiro atoms. The molecule has 2 aromatic heterocycles. The number of aromatic nitrogens is 3. The van der Waals surface area contributed by atoms with Crippen molar-refractivity contribution in [2.75, 3.05) is 31.1 Å². The zero-order valence-electron chi connectivity index (χ0n) is 15.7. The Kier molecular flexibility index (Phi) is 5.07. The Morgan fingerprint density at radius 1 is 1.21 bits per heavy atom. The third-order valence-electron chi connectivity index (χ3n) is 5.06. The Labute approximate surface area is 171 Å². The number of aryl methyl sites for hydroxylation is 1. The first kappa shape index (κ1) is 18.9. The van der Waals surface area contributed by atoms with E-state index in [0.29, 0.717) is 42.5 Å². The maximum atomic E-state index is 12.6. The molecule has 4 rings (SSSR count). The van der Waals surface area contributed by atoms with Crippen molar-refractivity contribution in [3.8, 4) is 0 Å². The Morgan fingerprint density at radius 2 is 1.96 bits per heavy atom. The monoisotopic (exact) mass is 417 g/mol. The second kappa shape index (κ2) is 7.52. The maximum absolute atomic E-state index is 12.6. The summed E-state index contributed by atoms with van der Waals surface area (Å²) in [6.07, 6.45) is 1.45. The number of nitrogens with zero attached hydrogens (tertiary/aromatic N) is 5. The lowest BCUT2D eigenvalue weighted by Crippen LogP contribution is -2.50. The summed E-state index contributed by atoms with van der Waals surface area (Å²) in [6.45, 7) is 6.16. The van der Waals surface area contributed by atoms with Crippen molar-refractivity contribution in [2.24, 2.45) is 0 Å². The van der Waals surface area contributed by atoms with Gasteiger partial charge in [0.05, 0.1) is 16.5 Å². The number of piperazine rings is 1. The van der Waals surface area contributed by atoms with Crippen molar-refractivity contribution in [1.82, 2.24) is 19.4 Å². The van der Waals surface area contributed by atoms with Crippen LogP contribution in [0.1, 0.15) is 11.3 Å².